The largest absolute Gasteiger partial charge is 0.473 e. The summed E-state index contributed by atoms with van der Waals surface area (Å²) >= 11 is 0. The summed E-state index contributed by atoms with van der Waals surface area (Å²) in [5.74, 6) is 0.704. The first kappa shape index (κ1) is 20.2. The predicted molar refractivity (Wildman–Crippen MR) is 118 cm³/mol. The SMILES string of the molecule is CCC(N)Oc1cc2cc3nc(cc4ccc(cc5nc(cc1[nH]2)C=C5)[nH]4)C=C3.[Mn]. The molecule has 151 valence electrons. The number of aromatic nitrogens is 4. The third kappa shape index (κ3) is 4.23. The predicted octanol–water partition coefficient (Wildman–Crippen LogP) is 4.73. The monoisotopic (exact) mass is 438 g/mol. The fourth-order valence-electron chi connectivity index (χ4n) is 3.34. The molecule has 0 fully saturated rings. The van der Waals surface area contributed by atoms with Crippen LogP contribution in [0.15, 0.2) is 42.5 Å². The third-order valence-corrected chi connectivity index (χ3v) is 4.81. The number of nitrogens with two attached hydrogens (primary N) is 1. The summed E-state index contributed by atoms with van der Waals surface area (Å²) in [4.78, 5) is 16.1. The van der Waals surface area contributed by atoms with E-state index in [2.05, 4.69) is 19.9 Å². The van der Waals surface area contributed by atoms with Crippen LogP contribution in [0.1, 0.15) is 36.1 Å². The number of fused-ring (bicyclic) bond motifs is 8. The molecule has 1 unspecified atom stereocenters. The van der Waals surface area contributed by atoms with Gasteiger partial charge in [-0.3, -0.25) is 5.73 Å². The van der Waals surface area contributed by atoms with E-state index in [0.29, 0.717) is 5.75 Å². The van der Waals surface area contributed by atoms with Crippen molar-refractivity contribution in [3.8, 4) is 5.75 Å². The second-order valence-electron chi connectivity index (χ2n) is 7.10. The zero-order chi connectivity index (χ0) is 19.8. The first-order chi connectivity index (χ1) is 14.1. The van der Waals surface area contributed by atoms with Gasteiger partial charge in [0.1, 0.15) is 12.0 Å². The fraction of sp³-hybridized carbons (Fsp3) is 0.130. The third-order valence-electron chi connectivity index (χ3n) is 4.81. The topological polar surface area (TPSA) is 92.6 Å². The number of nitrogens with one attached hydrogen (secondary N) is 2. The van der Waals surface area contributed by atoms with Crippen LogP contribution in [0.2, 0.25) is 0 Å². The number of H-pyrrole nitrogens is 2. The minimum absolute atomic E-state index is 0. The Bertz CT molecular complexity index is 1300. The van der Waals surface area contributed by atoms with Crippen molar-refractivity contribution in [3.05, 3.63) is 65.2 Å². The van der Waals surface area contributed by atoms with Crippen LogP contribution in [0.3, 0.4) is 0 Å². The van der Waals surface area contributed by atoms with Gasteiger partial charge in [0.05, 0.1) is 28.3 Å². The number of ether oxygens (including phenoxy) is 1. The normalized spacial score (nSPS) is 13.1. The quantitative estimate of drug-likeness (QED) is 0.281. The van der Waals surface area contributed by atoms with Crippen molar-refractivity contribution in [3.63, 3.8) is 0 Å². The fourth-order valence-corrected chi connectivity index (χ4v) is 3.34. The summed E-state index contributed by atoms with van der Waals surface area (Å²) in [7, 11) is 0. The molecule has 7 heteroatoms. The van der Waals surface area contributed by atoms with Crippen LogP contribution in [0.25, 0.3) is 46.4 Å². The molecule has 8 bridgehead atoms. The molecule has 30 heavy (non-hydrogen) atoms. The van der Waals surface area contributed by atoms with Gasteiger partial charge in [0.25, 0.3) is 0 Å². The van der Waals surface area contributed by atoms with E-state index < -0.39 is 0 Å². The van der Waals surface area contributed by atoms with E-state index in [1.165, 1.54) is 0 Å². The van der Waals surface area contributed by atoms with Crippen molar-refractivity contribution in [1.82, 2.24) is 19.9 Å². The molecule has 0 saturated heterocycles. The molecule has 3 aromatic heterocycles. The average Bonchev–Trinajstić information content (AvgIpc) is 3.47. The Hall–Kier alpha value is -3.12. The maximum absolute atomic E-state index is 6.02. The Kier molecular flexibility index (Phi) is 5.59. The van der Waals surface area contributed by atoms with Gasteiger partial charge in [0, 0.05) is 39.7 Å². The Labute approximate surface area is 184 Å². The van der Waals surface area contributed by atoms with E-state index in [-0.39, 0.29) is 23.3 Å². The number of hydrogen-bond acceptors (Lipinski definition) is 4. The van der Waals surface area contributed by atoms with Crippen LogP contribution in [0.4, 0.5) is 0 Å². The number of nitrogens with zero attached hydrogens (tertiary/aromatic N) is 2. The van der Waals surface area contributed by atoms with Crippen LogP contribution in [0.5, 0.6) is 5.75 Å². The molecule has 2 aliphatic rings. The molecule has 0 saturated carbocycles. The zero-order valence-electron chi connectivity index (χ0n) is 16.4. The maximum Gasteiger partial charge on any atom is 0.147 e. The Morgan fingerprint density at radius 3 is 1.90 bits per heavy atom. The number of aromatic amines is 2. The van der Waals surface area contributed by atoms with Gasteiger partial charge in [0.2, 0.25) is 0 Å². The van der Waals surface area contributed by atoms with Gasteiger partial charge >= 0.3 is 0 Å². The van der Waals surface area contributed by atoms with Crippen molar-refractivity contribution in [1.29, 1.82) is 0 Å². The molecule has 0 aromatic carbocycles. The van der Waals surface area contributed by atoms with Crippen molar-refractivity contribution in [2.45, 2.75) is 19.6 Å². The molecule has 0 aliphatic carbocycles. The molecular weight excluding hydrogens is 417 g/mol. The van der Waals surface area contributed by atoms with E-state index in [4.69, 9.17) is 10.5 Å². The second-order valence-corrected chi connectivity index (χ2v) is 7.10. The van der Waals surface area contributed by atoms with Gasteiger partial charge in [-0.25, -0.2) is 9.97 Å². The molecule has 2 aliphatic heterocycles. The molecular formula is C23H21MnN5O. The van der Waals surface area contributed by atoms with Crippen molar-refractivity contribution in [2.75, 3.05) is 0 Å². The molecule has 6 nitrogen and oxygen atoms in total. The van der Waals surface area contributed by atoms with E-state index in [0.717, 1.165) is 51.3 Å². The first-order valence-electron chi connectivity index (χ1n) is 9.65. The number of hydrogen-bond donors (Lipinski definition) is 3. The maximum atomic E-state index is 6.02. The van der Waals surface area contributed by atoms with Gasteiger partial charge < -0.3 is 14.7 Å². The molecule has 4 N–H and O–H groups in total. The molecule has 3 aromatic rings. The van der Waals surface area contributed by atoms with Crippen LogP contribution >= 0.6 is 0 Å². The molecule has 0 amide bonds. The van der Waals surface area contributed by atoms with Crippen LogP contribution in [0, 0.1) is 0 Å². The number of rotatable bonds is 3. The summed E-state index contributed by atoms with van der Waals surface area (Å²) in [6, 6.07) is 14.0. The summed E-state index contributed by atoms with van der Waals surface area (Å²) in [6.07, 6.45) is 8.33. The van der Waals surface area contributed by atoms with Crippen molar-refractivity contribution < 1.29 is 21.8 Å². The molecule has 1 radical (unpaired) electrons. The minimum atomic E-state index is -0.364. The van der Waals surface area contributed by atoms with E-state index in [1.54, 1.807) is 0 Å². The summed E-state index contributed by atoms with van der Waals surface area (Å²) in [6.45, 7) is 1.99. The first-order valence-corrected chi connectivity index (χ1v) is 9.65. The van der Waals surface area contributed by atoms with Crippen LogP contribution < -0.4 is 10.5 Å². The van der Waals surface area contributed by atoms with E-state index in [1.807, 2.05) is 73.7 Å². The molecule has 0 spiro atoms. The molecule has 1 atom stereocenters. The molecule has 5 heterocycles. The summed E-state index contributed by atoms with van der Waals surface area (Å²) < 4.78 is 5.92. The smallest absolute Gasteiger partial charge is 0.147 e. The van der Waals surface area contributed by atoms with Gasteiger partial charge in [-0.1, -0.05) is 6.92 Å². The summed E-state index contributed by atoms with van der Waals surface area (Å²) in [5.41, 5.74) is 13.2. The van der Waals surface area contributed by atoms with Gasteiger partial charge in [0.15, 0.2) is 0 Å². The summed E-state index contributed by atoms with van der Waals surface area (Å²) in [5, 5.41) is 0. The average molecular weight is 438 g/mol. The Morgan fingerprint density at radius 1 is 0.800 bits per heavy atom. The second kappa shape index (κ2) is 8.32. The standard InChI is InChI=1S/C23H21N5O.Mn/c1-2-23(24)29-22-13-20-11-18-6-5-16(26-18)9-14-3-4-15(25-14)10-17-7-8-19(27-17)12-21(22)28-20;/h3-13,23,25,28H,2,24H2,1H3;. The van der Waals surface area contributed by atoms with Crippen LogP contribution in [-0.2, 0) is 17.1 Å². The Morgan fingerprint density at radius 2 is 1.33 bits per heavy atom. The van der Waals surface area contributed by atoms with Gasteiger partial charge in [-0.2, -0.15) is 0 Å². The van der Waals surface area contributed by atoms with Gasteiger partial charge in [-0.15, -0.1) is 0 Å². The van der Waals surface area contributed by atoms with Crippen molar-refractivity contribution >= 4 is 46.4 Å². The van der Waals surface area contributed by atoms with E-state index in [9.17, 15) is 0 Å². The Balaban J connectivity index is 0.00000218. The zero-order valence-corrected chi connectivity index (χ0v) is 17.6. The molecule has 5 rings (SSSR count). The van der Waals surface area contributed by atoms with Gasteiger partial charge in [-0.05, 0) is 67.1 Å². The van der Waals surface area contributed by atoms with Crippen molar-refractivity contribution in [2.24, 2.45) is 5.73 Å². The van der Waals surface area contributed by atoms with E-state index >= 15 is 0 Å². The van der Waals surface area contributed by atoms with Crippen LogP contribution in [-0.4, -0.2) is 26.2 Å². The minimum Gasteiger partial charge on any atom is -0.473 e.